The number of benzene rings is 3. The molecule has 1 fully saturated rings. The van der Waals surface area contributed by atoms with Crippen LogP contribution in [0.2, 0.25) is 0 Å². The van der Waals surface area contributed by atoms with E-state index in [1.54, 1.807) is 36.6 Å². The van der Waals surface area contributed by atoms with E-state index in [9.17, 15) is 9.69 Å². The van der Waals surface area contributed by atoms with Gasteiger partial charge in [-0.25, -0.2) is 0 Å². The van der Waals surface area contributed by atoms with Crippen molar-refractivity contribution in [2.75, 3.05) is 47.8 Å². The van der Waals surface area contributed by atoms with Crippen LogP contribution in [0.25, 0.3) is 32.4 Å². The summed E-state index contributed by atoms with van der Waals surface area (Å²) < 4.78 is 36.6. The number of aromatic nitrogens is 1. The van der Waals surface area contributed by atoms with Gasteiger partial charge in [-0.05, 0) is 0 Å². The van der Waals surface area contributed by atoms with Crippen molar-refractivity contribution in [3.05, 3.63) is 46.8 Å². The van der Waals surface area contributed by atoms with Crippen molar-refractivity contribution < 1.29 is 32.9 Å². The topological polar surface area (TPSA) is 101 Å². The fourth-order valence-electron chi connectivity index (χ4n) is 4.95. The third-order valence-electron chi connectivity index (χ3n) is 6.85. The third-order valence-corrected chi connectivity index (χ3v) is 9.20. The van der Waals surface area contributed by atoms with Crippen LogP contribution in [0.4, 0.5) is 0 Å². The van der Waals surface area contributed by atoms with Gasteiger partial charge in [-0.3, -0.25) is 0 Å². The molecule has 2 aliphatic heterocycles. The number of hydrogen-bond acceptors (Lipinski definition) is 9. The van der Waals surface area contributed by atoms with Gasteiger partial charge >= 0.3 is 207 Å². The van der Waals surface area contributed by atoms with Crippen LogP contribution in [0, 0.1) is 0 Å². The van der Waals surface area contributed by atoms with Crippen LogP contribution in [0.5, 0.6) is 23.0 Å². The minimum atomic E-state index is -3.43. The van der Waals surface area contributed by atoms with Crippen molar-refractivity contribution in [3.8, 4) is 23.0 Å². The second-order valence-corrected chi connectivity index (χ2v) is 11.2. The van der Waals surface area contributed by atoms with Crippen LogP contribution in [0.15, 0.2) is 41.2 Å². The summed E-state index contributed by atoms with van der Waals surface area (Å²) in [6.07, 6.45) is 0. The van der Waals surface area contributed by atoms with Gasteiger partial charge in [0.2, 0.25) is 0 Å². The molecule has 36 heavy (non-hydrogen) atoms. The summed E-state index contributed by atoms with van der Waals surface area (Å²) in [6, 6.07) is 11.4. The van der Waals surface area contributed by atoms with Crippen molar-refractivity contribution >= 4 is 40.5 Å². The van der Waals surface area contributed by atoms with E-state index in [1.165, 1.54) is 0 Å². The first-order valence-corrected chi connectivity index (χ1v) is 13.3. The Morgan fingerprint density at radius 2 is 1.61 bits per heavy atom. The molecule has 0 bridgehead atoms. The van der Waals surface area contributed by atoms with Crippen LogP contribution >= 0.6 is 8.09 Å². The first-order valence-electron chi connectivity index (χ1n) is 11.6. The number of hydrogen-bond donors (Lipinski definition) is 1. The number of nitrogens with zero attached hydrogens (tertiary/aromatic N) is 2. The summed E-state index contributed by atoms with van der Waals surface area (Å²) >= 11 is 0. The number of likely N-dealkylation sites (N-methyl/N-ethyl adjacent to an activating group) is 1. The van der Waals surface area contributed by atoms with Crippen molar-refractivity contribution in [1.29, 1.82) is 0 Å². The summed E-state index contributed by atoms with van der Waals surface area (Å²) in [5, 5.41) is 3.92. The van der Waals surface area contributed by atoms with E-state index in [1.807, 2.05) is 30.3 Å². The predicted molar refractivity (Wildman–Crippen MR) is 138 cm³/mol. The standard InChI is InChI=1S/C25H27N2O8P/c1-26(36(29)34-8-9-35-36)6-7-27-24-16(5-4-15-10-22-23(11-17(15)24)33-14-32-22)18-12-20(30-2)21(31-3)13-19(18)25(27)28/h4-5,10-13,29,36H,6-9,14H2,1-3H3. The zero-order chi connectivity index (χ0) is 25.0. The van der Waals surface area contributed by atoms with Gasteiger partial charge in [-0.1, -0.05) is 0 Å². The number of methoxy groups -OCH3 is 2. The Morgan fingerprint density at radius 3 is 2.31 bits per heavy atom. The van der Waals surface area contributed by atoms with Crippen LogP contribution < -0.4 is 24.5 Å². The monoisotopic (exact) mass is 514 g/mol. The van der Waals surface area contributed by atoms with E-state index in [2.05, 4.69) is 0 Å². The summed E-state index contributed by atoms with van der Waals surface area (Å²) in [6.45, 7) is 1.50. The number of ether oxygens (including phenoxy) is 4. The quantitative estimate of drug-likeness (QED) is 0.306. The van der Waals surface area contributed by atoms with Gasteiger partial charge < -0.3 is 0 Å². The molecule has 0 saturated carbocycles. The molecule has 0 atom stereocenters. The average Bonchev–Trinajstić information content (AvgIpc) is 3.55. The Hall–Kier alpha value is -3.14. The second-order valence-electron chi connectivity index (χ2n) is 8.76. The molecule has 0 unspecified atom stereocenters. The molecule has 11 heteroatoms. The molecule has 1 aromatic heterocycles. The van der Waals surface area contributed by atoms with Crippen molar-refractivity contribution in [2.45, 2.75) is 6.54 Å². The molecule has 1 N–H and O–H groups in total. The van der Waals surface area contributed by atoms with Gasteiger partial charge in [0.15, 0.2) is 0 Å². The molecule has 0 radical (unpaired) electrons. The Bertz CT molecular complexity index is 1560. The Morgan fingerprint density at radius 1 is 0.944 bits per heavy atom. The zero-order valence-corrected chi connectivity index (χ0v) is 21.2. The fourth-order valence-corrected chi connectivity index (χ4v) is 6.55. The minimum absolute atomic E-state index is 0.157. The van der Waals surface area contributed by atoms with Gasteiger partial charge in [0.1, 0.15) is 0 Å². The molecular formula is C25H27N2O8P. The molecule has 4 aromatic rings. The average molecular weight is 514 g/mol. The fraction of sp³-hybridized carbons (Fsp3) is 0.320. The Kier molecular flexibility index (Phi) is 5.66. The van der Waals surface area contributed by atoms with Crippen molar-refractivity contribution in [3.63, 3.8) is 0 Å². The van der Waals surface area contributed by atoms with Crippen LogP contribution in [0.1, 0.15) is 0 Å². The van der Waals surface area contributed by atoms with Gasteiger partial charge in [0.05, 0.1) is 0 Å². The van der Waals surface area contributed by atoms with Crippen molar-refractivity contribution in [2.24, 2.45) is 0 Å². The molecule has 0 aliphatic carbocycles. The second kappa shape index (κ2) is 8.76. The van der Waals surface area contributed by atoms with Crippen LogP contribution in [0.3, 0.4) is 0 Å². The van der Waals surface area contributed by atoms with Gasteiger partial charge in [0.25, 0.3) is 0 Å². The first-order chi connectivity index (χ1) is 17.4. The number of rotatable bonds is 6. The van der Waals surface area contributed by atoms with Gasteiger partial charge in [0, 0.05) is 0 Å². The summed E-state index contributed by atoms with van der Waals surface area (Å²) in [5.74, 6) is 2.32. The van der Waals surface area contributed by atoms with Gasteiger partial charge in [-0.15, -0.1) is 0 Å². The van der Waals surface area contributed by atoms with E-state index in [4.69, 9.17) is 28.0 Å². The van der Waals surface area contributed by atoms with E-state index < -0.39 is 8.09 Å². The third kappa shape index (κ3) is 3.56. The van der Waals surface area contributed by atoms with Crippen molar-refractivity contribution in [1.82, 2.24) is 9.24 Å². The molecule has 3 aromatic carbocycles. The molecule has 190 valence electrons. The van der Waals surface area contributed by atoms with Crippen LogP contribution in [-0.2, 0) is 15.6 Å². The summed E-state index contributed by atoms with van der Waals surface area (Å²) in [5.41, 5.74) is 0.574. The SMILES string of the molecule is COc1cc2c(=O)n(CCN(C)[PH]3(O)OCCO3)c3c4cc5c(cc4ccc3c2cc1OC)OCO5. The zero-order valence-electron chi connectivity index (χ0n) is 20.2. The molecule has 0 amide bonds. The number of fused-ring (bicyclic) bond motifs is 6. The van der Waals surface area contributed by atoms with E-state index in [0.29, 0.717) is 54.7 Å². The molecule has 6 rings (SSSR count). The molecule has 10 nitrogen and oxygen atoms in total. The van der Waals surface area contributed by atoms with Crippen LogP contribution in [-0.4, -0.2) is 61.9 Å². The normalized spacial score (nSPS) is 17.4. The molecule has 1 saturated heterocycles. The van der Waals surface area contributed by atoms with E-state index in [-0.39, 0.29) is 12.4 Å². The summed E-state index contributed by atoms with van der Waals surface area (Å²) in [4.78, 5) is 24.7. The molecule has 2 aliphatic rings. The maximum absolute atomic E-state index is 14.0. The first kappa shape index (κ1) is 23.3. The number of pyridine rings is 1. The maximum atomic E-state index is 14.0. The van der Waals surface area contributed by atoms with Gasteiger partial charge in [-0.2, -0.15) is 0 Å². The van der Waals surface area contributed by atoms with E-state index >= 15 is 0 Å². The summed E-state index contributed by atoms with van der Waals surface area (Å²) in [7, 11) is 1.43. The molecule has 3 heterocycles. The van der Waals surface area contributed by atoms with E-state index in [0.717, 1.165) is 27.1 Å². The molecule has 0 spiro atoms. The Balaban J connectivity index is 1.61. The predicted octanol–water partition coefficient (Wildman–Crippen LogP) is 3.43. The Labute approximate surface area is 207 Å². The molecular weight excluding hydrogens is 487 g/mol.